The molecule has 1 saturated heterocycles. The summed E-state index contributed by atoms with van der Waals surface area (Å²) in [6, 6.07) is 1.76. The molecule has 2 aromatic rings. The highest BCUT2D eigenvalue weighted by molar-refractivity contribution is 7.91. The number of nitrogens with zero attached hydrogens (tertiary/aromatic N) is 2. The van der Waals surface area contributed by atoms with Crippen molar-refractivity contribution in [3.63, 3.8) is 0 Å². The van der Waals surface area contributed by atoms with E-state index < -0.39 is 10.0 Å². The van der Waals surface area contributed by atoms with E-state index in [1.54, 1.807) is 6.20 Å². The molecular formula is C15H21N3O3S2. The van der Waals surface area contributed by atoms with Crippen LogP contribution >= 0.6 is 11.3 Å². The molecule has 6 nitrogen and oxygen atoms in total. The molecule has 0 saturated carbocycles. The van der Waals surface area contributed by atoms with E-state index in [1.807, 2.05) is 37.7 Å². The lowest BCUT2D eigenvalue weighted by Crippen LogP contribution is -2.40. The molecule has 2 unspecified atom stereocenters. The van der Waals surface area contributed by atoms with Gasteiger partial charge in [-0.05, 0) is 38.3 Å². The molecule has 23 heavy (non-hydrogen) atoms. The second kappa shape index (κ2) is 6.35. The molecule has 1 N–H and O–H groups in total. The number of ether oxygens (including phenoxy) is 1. The third kappa shape index (κ3) is 3.50. The number of nitrogens with one attached hydrogen (secondary N) is 1. The molecular weight excluding hydrogens is 334 g/mol. The third-order valence-electron chi connectivity index (χ3n) is 3.99. The minimum absolute atomic E-state index is 0.141. The summed E-state index contributed by atoms with van der Waals surface area (Å²) in [7, 11) is -1.57. The summed E-state index contributed by atoms with van der Waals surface area (Å²) < 4.78 is 36.2. The van der Waals surface area contributed by atoms with Crippen molar-refractivity contribution in [2.45, 2.75) is 43.0 Å². The number of imidazole rings is 1. The Bertz CT molecular complexity index is 795. The summed E-state index contributed by atoms with van der Waals surface area (Å²) in [5.74, 6) is 0.831. The fourth-order valence-corrected chi connectivity index (χ4v) is 5.90. The van der Waals surface area contributed by atoms with Gasteiger partial charge < -0.3 is 9.30 Å². The van der Waals surface area contributed by atoms with E-state index >= 15 is 0 Å². The number of aromatic nitrogens is 2. The molecule has 0 aromatic carbocycles. The van der Waals surface area contributed by atoms with Crippen molar-refractivity contribution in [2.75, 3.05) is 6.61 Å². The number of hydrogen-bond acceptors (Lipinski definition) is 5. The van der Waals surface area contributed by atoms with Crippen LogP contribution in [0.1, 0.15) is 35.2 Å². The van der Waals surface area contributed by atoms with Crippen LogP contribution in [0.5, 0.6) is 0 Å². The van der Waals surface area contributed by atoms with Gasteiger partial charge >= 0.3 is 0 Å². The van der Waals surface area contributed by atoms with Crippen molar-refractivity contribution in [2.24, 2.45) is 7.05 Å². The van der Waals surface area contributed by atoms with Crippen LogP contribution < -0.4 is 4.72 Å². The van der Waals surface area contributed by atoms with Crippen LogP contribution in [0.15, 0.2) is 22.7 Å². The van der Waals surface area contributed by atoms with E-state index in [-0.39, 0.29) is 12.1 Å². The van der Waals surface area contributed by atoms with Gasteiger partial charge in [0.1, 0.15) is 16.1 Å². The van der Waals surface area contributed by atoms with Crippen LogP contribution in [0.25, 0.3) is 0 Å². The van der Waals surface area contributed by atoms with Crippen LogP contribution in [-0.2, 0) is 21.8 Å². The number of aryl methyl sites for hydroxylation is 3. The van der Waals surface area contributed by atoms with Gasteiger partial charge in [-0.25, -0.2) is 18.1 Å². The van der Waals surface area contributed by atoms with Gasteiger partial charge in [0.15, 0.2) is 0 Å². The van der Waals surface area contributed by atoms with Crippen LogP contribution in [0.4, 0.5) is 0 Å². The summed E-state index contributed by atoms with van der Waals surface area (Å²) in [5, 5.41) is 0. The highest BCUT2D eigenvalue weighted by atomic mass is 32.2. The van der Waals surface area contributed by atoms with Crippen LogP contribution in [0.3, 0.4) is 0 Å². The number of hydrogen-bond donors (Lipinski definition) is 1. The van der Waals surface area contributed by atoms with Gasteiger partial charge in [0, 0.05) is 37.0 Å². The predicted octanol–water partition coefficient (Wildman–Crippen LogP) is 2.30. The highest BCUT2D eigenvalue weighted by Gasteiger charge is 2.30. The molecule has 1 aliphatic rings. The first-order valence-electron chi connectivity index (χ1n) is 7.55. The first-order chi connectivity index (χ1) is 10.9. The number of thiophene rings is 1. The molecule has 126 valence electrons. The predicted molar refractivity (Wildman–Crippen MR) is 89.0 cm³/mol. The molecule has 0 spiro atoms. The minimum atomic E-state index is -3.49. The molecule has 3 rings (SSSR count). The summed E-state index contributed by atoms with van der Waals surface area (Å²) >= 11 is 1.31. The highest BCUT2D eigenvalue weighted by Crippen LogP contribution is 2.30. The molecule has 0 bridgehead atoms. The quantitative estimate of drug-likeness (QED) is 0.913. The second-order valence-electron chi connectivity index (χ2n) is 5.93. The van der Waals surface area contributed by atoms with Crippen LogP contribution in [-0.4, -0.2) is 30.6 Å². The zero-order chi connectivity index (χ0) is 16.6. The third-order valence-corrected chi connectivity index (χ3v) is 7.30. The van der Waals surface area contributed by atoms with E-state index in [0.29, 0.717) is 23.7 Å². The van der Waals surface area contributed by atoms with Gasteiger partial charge in [0.2, 0.25) is 0 Å². The topological polar surface area (TPSA) is 73.2 Å². The molecule has 0 amide bonds. The van der Waals surface area contributed by atoms with Gasteiger partial charge in [0.05, 0.1) is 0 Å². The Morgan fingerprint density at radius 1 is 1.43 bits per heavy atom. The Hall–Kier alpha value is -1.22. The van der Waals surface area contributed by atoms with E-state index in [9.17, 15) is 8.42 Å². The molecule has 8 heteroatoms. The zero-order valence-electron chi connectivity index (χ0n) is 13.4. The van der Waals surface area contributed by atoms with Crippen molar-refractivity contribution in [3.8, 4) is 0 Å². The van der Waals surface area contributed by atoms with E-state index in [0.717, 1.165) is 16.3 Å². The first kappa shape index (κ1) is 16.6. The zero-order valence-corrected chi connectivity index (χ0v) is 15.1. The molecule has 0 radical (unpaired) electrons. The summed E-state index contributed by atoms with van der Waals surface area (Å²) in [6.45, 7) is 4.27. The molecule has 3 heterocycles. The molecule has 2 atom stereocenters. The molecule has 2 aromatic heterocycles. The summed E-state index contributed by atoms with van der Waals surface area (Å²) in [5.41, 5.74) is 0.799. The van der Waals surface area contributed by atoms with Gasteiger partial charge in [-0.3, -0.25) is 0 Å². The summed E-state index contributed by atoms with van der Waals surface area (Å²) in [6.07, 6.45) is 4.67. The Morgan fingerprint density at radius 2 is 2.22 bits per heavy atom. The maximum Gasteiger partial charge on any atom is 0.250 e. The second-order valence-corrected chi connectivity index (χ2v) is 9.09. The lowest BCUT2D eigenvalue weighted by atomic mass is 10.0. The van der Waals surface area contributed by atoms with Crippen molar-refractivity contribution in [3.05, 3.63) is 34.7 Å². The van der Waals surface area contributed by atoms with Crippen molar-refractivity contribution >= 4 is 21.4 Å². The van der Waals surface area contributed by atoms with Gasteiger partial charge in [-0.15, -0.1) is 11.3 Å². The Morgan fingerprint density at radius 3 is 2.83 bits per heavy atom. The summed E-state index contributed by atoms with van der Waals surface area (Å²) in [4.78, 5) is 5.31. The maximum atomic E-state index is 12.6. The molecule has 1 aliphatic heterocycles. The van der Waals surface area contributed by atoms with E-state index in [1.165, 1.54) is 11.3 Å². The van der Waals surface area contributed by atoms with E-state index in [2.05, 4.69) is 9.71 Å². The Labute approximate surface area is 140 Å². The van der Waals surface area contributed by atoms with Crippen molar-refractivity contribution < 1.29 is 13.2 Å². The number of rotatable bonds is 4. The number of sulfonamides is 1. The lowest BCUT2D eigenvalue weighted by Gasteiger charge is -2.29. The normalized spacial score (nSPS) is 22.4. The van der Waals surface area contributed by atoms with Crippen molar-refractivity contribution in [1.82, 2.24) is 14.3 Å². The maximum absolute atomic E-state index is 12.6. The average molecular weight is 355 g/mol. The first-order valence-corrected chi connectivity index (χ1v) is 9.85. The monoisotopic (exact) mass is 355 g/mol. The SMILES string of the molecule is Cc1cc(C)c(S(=O)(=O)NC2CCOC(c3nccn3C)C2)s1. The van der Waals surface area contributed by atoms with Crippen LogP contribution in [0.2, 0.25) is 0 Å². The standard InChI is InChI=1S/C15H21N3O3S2/c1-10-8-11(2)22-15(10)23(19,20)17-12-4-7-21-13(9-12)14-16-5-6-18(14)3/h5-6,8,12-13,17H,4,7,9H2,1-3H3. The molecule has 1 fully saturated rings. The fourth-order valence-electron chi connectivity index (χ4n) is 2.93. The fraction of sp³-hybridized carbons (Fsp3) is 0.533. The Kier molecular flexibility index (Phi) is 4.59. The van der Waals surface area contributed by atoms with Gasteiger partial charge in [-0.1, -0.05) is 0 Å². The van der Waals surface area contributed by atoms with Crippen molar-refractivity contribution in [1.29, 1.82) is 0 Å². The largest absolute Gasteiger partial charge is 0.370 e. The van der Waals surface area contributed by atoms with Gasteiger partial charge in [0.25, 0.3) is 10.0 Å². The molecule has 0 aliphatic carbocycles. The Balaban J connectivity index is 1.75. The average Bonchev–Trinajstić information content (AvgIpc) is 3.04. The van der Waals surface area contributed by atoms with Crippen LogP contribution in [0, 0.1) is 13.8 Å². The lowest BCUT2D eigenvalue weighted by molar-refractivity contribution is -0.00265. The van der Waals surface area contributed by atoms with E-state index in [4.69, 9.17) is 4.74 Å². The smallest absolute Gasteiger partial charge is 0.250 e. The van der Waals surface area contributed by atoms with Gasteiger partial charge in [-0.2, -0.15) is 0 Å². The minimum Gasteiger partial charge on any atom is -0.370 e.